The zero-order valence-corrected chi connectivity index (χ0v) is 13.2. The molecule has 112 valence electrons. The number of aromatic nitrogens is 1. The summed E-state index contributed by atoms with van der Waals surface area (Å²) in [6.45, 7) is 8.93. The van der Waals surface area contributed by atoms with Crippen LogP contribution in [0.25, 0.3) is 0 Å². The molecule has 0 aliphatic heterocycles. The molecule has 1 amide bonds. The number of likely N-dealkylation sites (N-methyl/N-ethyl adjacent to an activating group) is 1. The molecule has 1 atom stereocenters. The van der Waals surface area contributed by atoms with Gasteiger partial charge in [-0.05, 0) is 34.6 Å². The van der Waals surface area contributed by atoms with E-state index in [0.717, 1.165) is 5.01 Å². The molecule has 0 saturated heterocycles. The van der Waals surface area contributed by atoms with Gasteiger partial charge in [-0.25, -0.2) is 14.6 Å². The predicted octanol–water partition coefficient (Wildman–Crippen LogP) is 2.83. The van der Waals surface area contributed by atoms with E-state index in [1.165, 1.54) is 16.2 Å². The first-order valence-electron chi connectivity index (χ1n) is 6.30. The number of aliphatic carboxylic acids is 1. The van der Waals surface area contributed by atoms with Gasteiger partial charge in [-0.3, -0.25) is 4.90 Å². The Bertz CT molecular complexity index is 493. The molecule has 20 heavy (non-hydrogen) atoms. The first-order valence-corrected chi connectivity index (χ1v) is 7.18. The molecule has 0 aliphatic carbocycles. The van der Waals surface area contributed by atoms with Crippen molar-refractivity contribution in [2.24, 2.45) is 0 Å². The largest absolute Gasteiger partial charge is 0.479 e. The van der Waals surface area contributed by atoms with Gasteiger partial charge in [-0.2, -0.15) is 0 Å². The highest BCUT2D eigenvalue weighted by Gasteiger charge is 2.34. The number of carbonyl (C=O) groups is 2. The number of carbonyl (C=O) groups excluding carboxylic acids is 1. The van der Waals surface area contributed by atoms with E-state index in [4.69, 9.17) is 4.74 Å². The third-order valence-corrected chi connectivity index (χ3v) is 3.22. The number of aryl methyl sites for hydroxylation is 1. The van der Waals surface area contributed by atoms with Gasteiger partial charge in [0.2, 0.25) is 0 Å². The number of hydrogen-bond acceptors (Lipinski definition) is 5. The molecule has 1 heterocycles. The minimum Gasteiger partial charge on any atom is -0.479 e. The number of ether oxygens (including phenoxy) is 1. The van der Waals surface area contributed by atoms with Crippen molar-refractivity contribution in [3.8, 4) is 0 Å². The standard InChI is InChI=1S/C13H20N2O4S/c1-6-15(12(18)19-13(3,4)5)10(11(16)17)9-7-20-8(2)14-9/h7,10H,6H2,1-5H3,(H,16,17). The molecule has 0 aromatic carbocycles. The minimum absolute atomic E-state index is 0.225. The maximum absolute atomic E-state index is 12.1. The van der Waals surface area contributed by atoms with Crippen molar-refractivity contribution in [1.29, 1.82) is 0 Å². The summed E-state index contributed by atoms with van der Waals surface area (Å²) < 4.78 is 5.25. The smallest absolute Gasteiger partial charge is 0.411 e. The summed E-state index contributed by atoms with van der Waals surface area (Å²) in [6, 6.07) is -1.13. The number of carboxylic acids is 1. The van der Waals surface area contributed by atoms with E-state index >= 15 is 0 Å². The highest BCUT2D eigenvalue weighted by molar-refractivity contribution is 7.09. The predicted molar refractivity (Wildman–Crippen MR) is 75.8 cm³/mol. The maximum Gasteiger partial charge on any atom is 0.411 e. The molecule has 0 bridgehead atoms. The van der Waals surface area contributed by atoms with Crippen LogP contribution in [0.5, 0.6) is 0 Å². The average molecular weight is 300 g/mol. The van der Waals surface area contributed by atoms with E-state index < -0.39 is 23.7 Å². The van der Waals surface area contributed by atoms with Crippen LogP contribution in [0.15, 0.2) is 5.38 Å². The van der Waals surface area contributed by atoms with E-state index in [1.807, 2.05) is 0 Å². The van der Waals surface area contributed by atoms with Crippen LogP contribution in [0.4, 0.5) is 4.79 Å². The van der Waals surface area contributed by atoms with Crippen LogP contribution in [0.3, 0.4) is 0 Å². The lowest BCUT2D eigenvalue weighted by molar-refractivity contribution is -0.143. The number of rotatable bonds is 4. The van der Waals surface area contributed by atoms with Crippen molar-refractivity contribution in [1.82, 2.24) is 9.88 Å². The van der Waals surface area contributed by atoms with Crippen molar-refractivity contribution < 1.29 is 19.4 Å². The molecule has 0 spiro atoms. The quantitative estimate of drug-likeness (QED) is 0.925. The summed E-state index contributed by atoms with van der Waals surface area (Å²) in [5, 5.41) is 11.8. The van der Waals surface area contributed by atoms with Crippen LogP contribution in [0.2, 0.25) is 0 Å². The Kier molecular flexibility index (Phi) is 5.10. The number of nitrogens with zero attached hydrogens (tertiary/aromatic N) is 2. The topological polar surface area (TPSA) is 79.7 Å². The van der Waals surface area contributed by atoms with Crippen LogP contribution >= 0.6 is 11.3 Å². The molecule has 1 unspecified atom stereocenters. The summed E-state index contributed by atoms with van der Waals surface area (Å²) in [5.41, 5.74) is -0.321. The molecule has 0 fully saturated rings. The zero-order valence-electron chi connectivity index (χ0n) is 12.3. The Morgan fingerprint density at radius 3 is 2.45 bits per heavy atom. The lowest BCUT2D eigenvalue weighted by Crippen LogP contribution is -2.42. The fourth-order valence-electron chi connectivity index (χ4n) is 1.66. The Labute approximate surface area is 122 Å². The van der Waals surface area contributed by atoms with Gasteiger partial charge in [-0.15, -0.1) is 11.3 Å². The molecule has 0 radical (unpaired) electrons. The number of hydrogen-bond donors (Lipinski definition) is 1. The van der Waals surface area contributed by atoms with Gasteiger partial charge in [0.15, 0.2) is 6.04 Å². The summed E-state index contributed by atoms with van der Waals surface area (Å²) in [5.74, 6) is -1.12. The zero-order chi connectivity index (χ0) is 15.5. The normalized spacial score (nSPS) is 12.8. The number of thiazole rings is 1. The monoisotopic (exact) mass is 300 g/mol. The third-order valence-electron chi connectivity index (χ3n) is 2.43. The fourth-order valence-corrected chi connectivity index (χ4v) is 2.29. The van der Waals surface area contributed by atoms with Gasteiger partial charge in [0.1, 0.15) is 5.60 Å². The summed E-state index contributed by atoms with van der Waals surface area (Å²) in [7, 11) is 0. The van der Waals surface area contributed by atoms with Crippen LogP contribution in [-0.2, 0) is 9.53 Å². The molecule has 1 rings (SSSR count). The highest BCUT2D eigenvalue weighted by Crippen LogP contribution is 2.24. The van der Waals surface area contributed by atoms with E-state index in [0.29, 0.717) is 5.69 Å². The van der Waals surface area contributed by atoms with Gasteiger partial charge in [-0.1, -0.05) is 0 Å². The Balaban J connectivity index is 3.05. The lowest BCUT2D eigenvalue weighted by atomic mass is 10.2. The van der Waals surface area contributed by atoms with Crippen LogP contribution in [0.1, 0.15) is 44.4 Å². The second-order valence-electron chi connectivity index (χ2n) is 5.30. The molecule has 0 saturated carbocycles. The summed E-state index contributed by atoms with van der Waals surface area (Å²) in [6.07, 6.45) is -0.655. The van der Waals surface area contributed by atoms with Gasteiger partial charge < -0.3 is 9.84 Å². The molecule has 1 aromatic heterocycles. The Morgan fingerprint density at radius 2 is 2.10 bits per heavy atom. The van der Waals surface area contributed by atoms with Crippen molar-refractivity contribution in [2.75, 3.05) is 6.54 Å². The average Bonchev–Trinajstić information content (AvgIpc) is 2.68. The molecular weight excluding hydrogens is 280 g/mol. The number of carboxylic acid groups (broad SMARTS) is 1. The van der Waals surface area contributed by atoms with E-state index in [-0.39, 0.29) is 6.54 Å². The third kappa shape index (κ3) is 4.19. The molecular formula is C13H20N2O4S. The highest BCUT2D eigenvalue weighted by atomic mass is 32.1. The van der Waals surface area contributed by atoms with Gasteiger partial charge >= 0.3 is 12.1 Å². The van der Waals surface area contributed by atoms with Crippen molar-refractivity contribution in [3.05, 3.63) is 16.1 Å². The SMILES string of the molecule is CCN(C(=O)OC(C)(C)C)C(C(=O)O)c1csc(C)n1. The lowest BCUT2D eigenvalue weighted by Gasteiger charge is -2.29. The number of amides is 1. The molecule has 1 N–H and O–H groups in total. The van der Waals surface area contributed by atoms with E-state index in [1.54, 1.807) is 40.0 Å². The fraction of sp³-hybridized carbons (Fsp3) is 0.615. The van der Waals surface area contributed by atoms with Crippen LogP contribution in [0, 0.1) is 6.92 Å². The van der Waals surface area contributed by atoms with Crippen LogP contribution < -0.4 is 0 Å². The van der Waals surface area contributed by atoms with Crippen molar-refractivity contribution >= 4 is 23.4 Å². The molecule has 0 aliphatic rings. The molecule has 1 aromatic rings. The Hall–Kier alpha value is -1.63. The second-order valence-corrected chi connectivity index (χ2v) is 6.36. The first kappa shape index (κ1) is 16.4. The van der Waals surface area contributed by atoms with Gasteiger partial charge in [0, 0.05) is 11.9 Å². The van der Waals surface area contributed by atoms with E-state index in [9.17, 15) is 14.7 Å². The summed E-state index contributed by atoms with van der Waals surface area (Å²) >= 11 is 1.35. The van der Waals surface area contributed by atoms with Gasteiger partial charge in [0.05, 0.1) is 10.7 Å². The van der Waals surface area contributed by atoms with Crippen molar-refractivity contribution in [2.45, 2.75) is 46.3 Å². The van der Waals surface area contributed by atoms with E-state index in [2.05, 4.69) is 4.98 Å². The minimum atomic E-state index is -1.13. The van der Waals surface area contributed by atoms with Gasteiger partial charge in [0.25, 0.3) is 0 Å². The molecule has 6 nitrogen and oxygen atoms in total. The Morgan fingerprint density at radius 1 is 1.50 bits per heavy atom. The second kappa shape index (κ2) is 6.21. The van der Waals surface area contributed by atoms with Crippen molar-refractivity contribution in [3.63, 3.8) is 0 Å². The maximum atomic E-state index is 12.1. The summed E-state index contributed by atoms with van der Waals surface area (Å²) in [4.78, 5) is 29.0. The molecule has 7 heteroatoms. The van der Waals surface area contributed by atoms with Crippen LogP contribution in [-0.4, -0.2) is 39.2 Å². The first-order chi connectivity index (χ1) is 9.15.